The highest BCUT2D eigenvalue weighted by molar-refractivity contribution is 6.05. The zero-order valence-electron chi connectivity index (χ0n) is 16.0. The Morgan fingerprint density at radius 3 is 2.48 bits per heavy atom. The summed E-state index contributed by atoms with van der Waals surface area (Å²) in [6.45, 7) is 1.78. The fraction of sp³-hybridized carbons (Fsp3) is 0.0870. The summed E-state index contributed by atoms with van der Waals surface area (Å²) in [6.07, 6.45) is 0. The molecule has 0 spiro atoms. The number of anilines is 1. The first-order chi connectivity index (χ1) is 14.1. The molecule has 1 amide bonds. The number of methoxy groups -OCH3 is 1. The number of carbonyl (C=O) groups is 1. The minimum atomic E-state index is -0.239. The van der Waals surface area contributed by atoms with E-state index in [-0.39, 0.29) is 11.5 Å². The molecule has 0 fully saturated rings. The van der Waals surface area contributed by atoms with Crippen molar-refractivity contribution in [1.29, 1.82) is 0 Å². The largest absolute Gasteiger partial charge is 0.494 e. The summed E-state index contributed by atoms with van der Waals surface area (Å²) in [5.41, 5.74) is 2.18. The first kappa shape index (κ1) is 18.4. The van der Waals surface area contributed by atoms with Crippen molar-refractivity contribution in [3.8, 4) is 11.4 Å². The topological polar surface area (TPSA) is 73.2 Å². The normalized spacial score (nSPS) is 10.7. The van der Waals surface area contributed by atoms with Crippen LogP contribution in [0, 0.1) is 6.92 Å². The van der Waals surface area contributed by atoms with Gasteiger partial charge in [-0.1, -0.05) is 30.3 Å². The third-order valence-electron chi connectivity index (χ3n) is 4.67. The zero-order chi connectivity index (χ0) is 20.4. The van der Waals surface area contributed by atoms with E-state index in [2.05, 4.69) is 10.3 Å². The van der Waals surface area contributed by atoms with E-state index in [1.54, 1.807) is 55.5 Å². The number of carbonyl (C=O) groups excluding carboxylic acids is 1. The van der Waals surface area contributed by atoms with Crippen molar-refractivity contribution >= 4 is 22.5 Å². The molecule has 0 aliphatic heterocycles. The van der Waals surface area contributed by atoms with Crippen molar-refractivity contribution in [2.45, 2.75) is 6.92 Å². The third kappa shape index (κ3) is 3.48. The lowest BCUT2D eigenvalue weighted by atomic mass is 10.2. The van der Waals surface area contributed by atoms with Gasteiger partial charge in [0.25, 0.3) is 11.5 Å². The molecule has 144 valence electrons. The van der Waals surface area contributed by atoms with E-state index in [1.165, 1.54) is 11.7 Å². The van der Waals surface area contributed by atoms with Crippen LogP contribution in [0.2, 0.25) is 0 Å². The number of nitrogens with zero attached hydrogens (tertiary/aromatic N) is 2. The highest BCUT2D eigenvalue weighted by Crippen LogP contribution is 2.28. The Morgan fingerprint density at radius 2 is 1.72 bits per heavy atom. The maximum Gasteiger partial charge on any atom is 0.265 e. The van der Waals surface area contributed by atoms with Crippen LogP contribution in [0.15, 0.2) is 77.6 Å². The van der Waals surface area contributed by atoms with E-state index >= 15 is 0 Å². The molecule has 3 aromatic carbocycles. The predicted molar refractivity (Wildman–Crippen MR) is 113 cm³/mol. The lowest BCUT2D eigenvalue weighted by Crippen LogP contribution is -2.22. The van der Waals surface area contributed by atoms with Gasteiger partial charge < -0.3 is 10.1 Å². The average molecular weight is 385 g/mol. The summed E-state index contributed by atoms with van der Waals surface area (Å²) in [6, 6.07) is 21.4. The highest BCUT2D eigenvalue weighted by atomic mass is 16.5. The summed E-state index contributed by atoms with van der Waals surface area (Å²) in [4.78, 5) is 30.0. The molecular formula is C23H19N3O3. The molecule has 6 heteroatoms. The van der Waals surface area contributed by atoms with E-state index in [0.717, 1.165) is 0 Å². The van der Waals surface area contributed by atoms with Gasteiger partial charge in [0.2, 0.25) is 0 Å². The van der Waals surface area contributed by atoms with Crippen LogP contribution in [0.3, 0.4) is 0 Å². The SMILES string of the molecule is COc1cc(-n2c(C)nc3ccccc3c2=O)ccc1NC(=O)c1ccccc1. The van der Waals surface area contributed by atoms with Gasteiger partial charge in [0.1, 0.15) is 11.6 Å². The van der Waals surface area contributed by atoms with Crippen LogP contribution in [0.25, 0.3) is 16.6 Å². The number of hydrogen-bond acceptors (Lipinski definition) is 4. The number of amides is 1. The molecule has 0 radical (unpaired) electrons. The van der Waals surface area contributed by atoms with Gasteiger partial charge in [-0.3, -0.25) is 14.2 Å². The lowest BCUT2D eigenvalue weighted by Gasteiger charge is -2.15. The Balaban J connectivity index is 1.75. The van der Waals surface area contributed by atoms with Crippen LogP contribution in [-0.2, 0) is 0 Å². The number of fused-ring (bicyclic) bond motifs is 1. The molecule has 1 aromatic heterocycles. The molecule has 0 unspecified atom stereocenters. The Kier molecular flexibility index (Phi) is 4.83. The fourth-order valence-electron chi connectivity index (χ4n) is 3.25. The number of benzene rings is 3. The number of rotatable bonds is 4. The molecule has 6 nitrogen and oxygen atoms in total. The second kappa shape index (κ2) is 7.59. The number of aromatic nitrogens is 2. The summed E-state index contributed by atoms with van der Waals surface area (Å²) in [5, 5.41) is 3.39. The van der Waals surface area contributed by atoms with Gasteiger partial charge in [-0.15, -0.1) is 0 Å². The molecule has 0 saturated heterocycles. The van der Waals surface area contributed by atoms with E-state index in [9.17, 15) is 9.59 Å². The Labute approximate surface area is 167 Å². The van der Waals surface area contributed by atoms with Crippen LogP contribution in [0.5, 0.6) is 5.75 Å². The summed E-state index contributed by atoms with van der Waals surface area (Å²) >= 11 is 0. The van der Waals surface area contributed by atoms with Crippen LogP contribution >= 0.6 is 0 Å². The van der Waals surface area contributed by atoms with Crippen LogP contribution < -0.4 is 15.6 Å². The molecule has 0 saturated carbocycles. The van der Waals surface area contributed by atoms with Gasteiger partial charge in [-0.2, -0.15) is 0 Å². The Hall–Kier alpha value is -3.93. The number of hydrogen-bond donors (Lipinski definition) is 1. The molecule has 0 aliphatic rings. The van der Waals surface area contributed by atoms with E-state index in [0.29, 0.717) is 39.4 Å². The average Bonchev–Trinajstić information content (AvgIpc) is 2.75. The Morgan fingerprint density at radius 1 is 1.00 bits per heavy atom. The van der Waals surface area contributed by atoms with Crippen LogP contribution in [0.1, 0.15) is 16.2 Å². The number of para-hydroxylation sites is 1. The monoisotopic (exact) mass is 385 g/mol. The van der Waals surface area contributed by atoms with Gasteiger partial charge in [0.05, 0.1) is 29.4 Å². The fourth-order valence-corrected chi connectivity index (χ4v) is 3.25. The Bertz CT molecular complexity index is 1260. The van der Waals surface area contributed by atoms with E-state index < -0.39 is 0 Å². The molecule has 4 aromatic rings. The molecule has 0 atom stereocenters. The second-order valence-corrected chi connectivity index (χ2v) is 6.52. The smallest absolute Gasteiger partial charge is 0.265 e. The van der Waals surface area contributed by atoms with Crippen LogP contribution in [-0.4, -0.2) is 22.6 Å². The molecule has 1 N–H and O–H groups in total. The molecule has 0 aliphatic carbocycles. The molecule has 0 bridgehead atoms. The van der Waals surface area contributed by atoms with Gasteiger partial charge in [0, 0.05) is 11.6 Å². The highest BCUT2D eigenvalue weighted by Gasteiger charge is 2.14. The molecule has 1 heterocycles. The van der Waals surface area contributed by atoms with Crippen molar-refractivity contribution in [3.63, 3.8) is 0 Å². The van der Waals surface area contributed by atoms with E-state index in [4.69, 9.17) is 4.74 Å². The van der Waals surface area contributed by atoms with Gasteiger partial charge in [-0.25, -0.2) is 4.98 Å². The van der Waals surface area contributed by atoms with Crippen molar-refractivity contribution in [1.82, 2.24) is 9.55 Å². The number of ether oxygens (including phenoxy) is 1. The minimum absolute atomic E-state index is 0.156. The standard InChI is InChI=1S/C23H19N3O3/c1-15-24-19-11-7-6-10-18(19)23(28)26(15)17-12-13-20(21(14-17)29-2)25-22(27)16-8-4-3-5-9-16/h3-14H,1-2H3,(H,25,27). The summed E-state index contributed by atoms with van der Waals surface area (Å²) < 4.78 is 7.00. The molecular weight excluding hydrogens is 366 g/mol. The quantitative estimate of drug-likeness (QED) is 0.577. The van der Waals surface area contributed by atoms with Crippen molar-refractivity contribution in [2.24, 2.45) is 0 Å². The van der Waals surface area contributed by atoms with Crippen molar-refractivity contribution < 1.29 is 9.53 Å². The first-order valence-corrected chi connectivity index (χ1v) is 9.11. The summed E-state index contributed by atoms with van der Waals surface area (Å²) in [5.74, 6) is 0.778. The number of aryl methyl sites for hydroxylation is 1. The van der Waals surface area contributed by atoms with Crippen molar-refractivity contribution in [2.75, 3.05) is 12.4 Å². The van der Waals surface area contributed by atoms with Crippen LogP contribution in [0.4, 0.5) is 5.69 Å². The molecule has 29 heavy (non-hydrogen) atoms. The first-order valence-electron chi connectivity index (χ1n) is 9.11. The third-order valence-corrected chi connectivity index (χ3v) is 4.67. The van der Waals surface area contributed by atoms with Crippen molar-refractivity contribution in [3.05, 3.63) is 94.5 Å². The number of nitrogens with one attached hydrogen (secondary N) is 1. The zero-order valence-corrected chi connectivity index (χ0v) is 16.0. The van der Waals surface area contributed by atoms with E-state index in [1.807, 2.05) is 24.3 Å². The van der Waals surface area contributed by atoms with Gasteiger partial charge in [0.15, 0.2) is 0 Å². The summed E-state index contributed by atoms with van der Waals surface area (Å²) in [7, 11) is 1.52. The van der Waals surface area contributed by atoms with Gasteiger partial charge >= 0.3 is 0 Å². The lowest BCUT2D eigenvalue weighted by molar-refractivity contribution is 0.102. The maximum atomic E-state index is 13.0. The maximum absolute atomic E-state index is 13.0. The minimum Gasteiger partial charge on any atom is -0.494 e. The predicted octanol–water partition coefficient (Wildman–Crippen LogP) is 3.96. The molecule has 4 rings (SSSR count). The second-order valence-electron chi connectivity index (χ2n) is 6.52. The van der Waals surface area contributed by atoms with Gasteiger partial charge in [-0.05, 0) is 43.3 Å².